The fourth-order valence-electron chi connectivity index (χ4n) is 4.70. The van der Waals surface area contributed by atoms with Crippen LogP contribution in [0.15, 0.2) is 58.0 Å². The van der Waals surface area contributed by atoms with Gasteiger partial charge in [-0.15, -0.1) is 10.2 Å². The number of imide groups is 1. The lowest BCUT2D eigenvalue weighted by Crippen LogP contribution is -2.44. The maximum atomic E-state index is 15.6. The molecule has 17 heteroatoms. The number of nitrogens with zero attached hydrogens (tertiary/aromatic N) is 6. The molecule has 0 spiro atoms. The average molecular weight is 783 g/mol. The molecule has 4 rings (SSSR count). The molecule has 0 aliphatic carbocycles. The van der Waals surface area contributed by atoms with E-state index >= 15 is 4.39 Å². The molecule has 0 N–H and O–H groups in total. The molecule has 0 fully saturated rings. The van der Waals surface area contributed by atoms with E-state index in [1.54, 1.807) is 93.6 Å². The van der Waals surface area contributed by atoms with E-state index in [-0.39, 0.29) is 40.2 Å². The van der Waals surface area contributed by atoms with Gasteiger partial charge in [0.2, 0.25) is 5.89 Å². The van der Waals surface area contributed by atoms with Crippen molar-refractivity contribution in [3.05, 3.63) is 60.0 Å². The molecule has 296 valence electrons. The minimum absolute atomic E-state index is 0.00992. The molecule has 15 nitrogen and oxygen atoms in total. The first-order valence-electron chi connectivity index (χ1n) is 17.3. The Balaban J connectivity index is 1.83. The molecule has 2 aromatic carbocycles. The molecule has 0 atom stereocenters. The highest BCUT2D eigenvalue weighted by atomic mass is 32.2. The van der Waals surface area contributed by atoms with Gasteiger partial charge in [0.25, 0.3) is 5.89 Å². The van der Waals surface area contributed by atoms with Crippen molar-refractivity contribution in [2.24, 2.45) is 0 Å². The number of amides is 3. The number of carbonyl (C=O) groups is 3. The molecule has 3 amide bonds. The van der Waals surface area contributed by atoms with Crippen LogP contribution in [0.1, 0.15) is 81.7 Å². The number of ether oxygens (including phenoxy) is 3. The van der Waals surface area contributed by atoms with Gasteiger partial charge in [-0.3, -0.25) is 0 Å². The van der Waals surface area contributed by atoms with E-state index < -0.39 is 61.8 Å². The van der Waals surface area contributed by atoms with E-state index in [4.69, 9.17) is 18.6 Å². The Bertz CT molecular complexity index is 2140. The van der Waals surface area contributed by atoms with Crippen LogP contribution in [0.4, 0.5) is 24.6 Å². The number of sulfone groups is 1. The maximum absolute atomic E-state index is 15.6. The highest BCUT2D eigenvalue weighted by Gasteiger charge is 2.37. The first kappa shape index (κ1) is 42.3. The summed E-state index contributed by atoms with van der Waals surface area (Å²) in [6.45, 7) is 18.2. The molecule has 0 saturated heterocycles. The summed E-state index contributed by atoms with van der Waals surface area (Å²) >= 11 is 0. The lowest BCUT2D eigenvalue weighted by atomic mass is 10.1. The van der Waals surface area contributed by atoms with Gasteiger partial charge in [-0.05, 0) is 112 Å². The van der Waals surface area contributed by atoms with E-state index in [1.165, 1.54) is 30.9 Å². The van der Waals surface area contributed by atoms with Gasteiger partial charge in [0.15, 0.2) is 21.3 Å². The Morgan fingerprint density at radius 1 is 0.800 bits per heavy atom. The monoisotopic (exact) mass is 782 g/mol. The molecule has 4 aromatic rings. The average Bonchev–Trinajstić information content (AvgIpc) is 3.53. The first-order chi connectivity index (χ1) is 25.3. The number of rotatable bonds is 8. The van der Waals surface area contributed by atoms with Crippen molar-refractivity contribution in [3.63, 3.8) is 0 Å². The molecule has 0 aliphatic rings. The molecular weight excluding hydrogens is 736 g/mol. The lowest BCUT2D eigenvalue weighted by Gasteiger charge is -2.28. The SMILES string of the molecule is CC(C)S(=O)(=O)c1ccc(-c2cnc(N(C(=O)OC(C)(C)C)C(=O)OC(C)(C)C)c(-c3nnc(-c4ccc(CN(C)C(=O)OC(C)(C)C)cc4)o3)n2)c(F)c1. The normalized spacial score (nSPS) is 12.3. The smallest absolute Gasteiger partial charge is 0.425 e. The largest absolute Gasteiger partial charge is 0.444 e. The molecule has 0 radical (unpaired) electrons. The Kier molecular flexibility index (Phi) is 12.1. The van der Waals surface area contributed by atoms with E-state index in [9.17, 15) is 22.8 Å². The number of benzene rings is 2. The van der Waals surface area contributed by atoms with Gasteiger partial charge in [-0.1, -0.05) is 12.1 Å². The minimum atomic E-state index is -3.80. The quantitative estimate of drug-likeness (QED) is 0.156. The minimum Gasteiger partial charge on any atom is -0.444 e. The third kappa shape index (κ3) is 10.8. The highest BCUT2D eigenvalue weighted by molar-refractivity contribution is 7.92. The first-order valence-corrected chi connectivity index (χ1v) is 18.8. The van der Waals surface area contributed by atoms with Crippen molar-refractivity contribution in [3.8, 4) is 34.3 Å². The van der Waals surface area contributed by atoms with Crippen LogP contribution in [0.2, 0.25) is 0 Å². The van der Waals surface area contributed by atoms with Crippen LogP contribution in [-0.4, -0.2) is 80.9 Å². The van der Waals surface area contributed by atoms with Gasteiger partial charge in [0.05, 0.1) is 22.0 Å². The van der Waals surface area contributed by atoms with Gasteiger partial charge in [0.1, 0.15) is 22.6 Å². The second-order valence-corrected chi connectivity index (χ2v) is 18.4. The van der Waals surface area contributed by atoms with Gasteiger partial charge < -0.3 is 23.5 Å². The van der Waals surface area contributed by atoms with Crippen LogP contribution in [0.25, 0.3) is 34.3 Å². The number of aromatic nitrogens is 4. The van der Waals surface area contributed by atoms with Crippen LogP contribution in [0.3, 0.4) is 0 Å². The summed E-state index contributed by atoms with van der Waals surface area (Å²) in [6.07, 6.45) is -1.71. The van der Waals surface area contributed by atoms with Crippen LogP contribution in [0.5, 0.6) is 0 Å². The van der Waals surface area contributed by atoms with Crippen molar-refractivity contribution in [2.75, 3.05) is 11.9 Å². The van der Waals surface area contributed by atoms with Gasteiger partial charge in [-0.25, -0.2) is 37.2 Å². The van der Waals surface area contributed by atoms with Crippen LogP contribution in [0, 0.1) is 5.82 Å². The Morgan fingerprint density at radius 3 is 1.84 bits per heavy atom. The molecule has 55 heavy (non-hydrogen) atoms. The fourth-order valence-corrected chi connectivity index (χ4v) is 5.77. The molecule has 0 bridgehead atoms. The molecule has 0 saturated carbocycles. The topological polar surface area (TPSA) is 184 Å². The Labute approximate surface area is 320 Å². The number of hydrogen-bond acceptors (Lipinski definition) is 13. The zero-order valence-corrected chi connectivity index (χ0v) is 33.9. The summed E-state index contributed by atoms with van der Waals surface area (Å²) in [5, 5.41) is 7.48. The summed E-state index contributed by atoms with van der Waals surface area (Å²) in [5.74, 6) is -1.66. The second-order valence-electron chi connectivity index (χ2n) is 15.9. The van der Waals surface area contributed by atoms with Crippen LogP contribution in [-0.2, 0) is 30.6 Å². The second kappa shape index (κ2) is 15.7. The predicted octanol–water partition coefficient (Wildman–Crippen LogP) is 8.23. The summed E-state index contributed by atoms with van der Waals surface area (Å²) in [7, 11) is -2.19. The van der Waals surface area contributed by atoms with Gasteiger partial charge in [0, 0.05) is 24.7 Å². The molecular formula is C38H47FN6O9S. The van der Waals surface area contributed by atoms with Crippen molar-refractivity contribution >= 4 is 33.9 Å². The zero-order chi connectivity index (χ0) is 41.3. The molecule has 2 aromatic heterocycles. The summed E-state index contributed by atoms with van der Waals surface area (Å²) < 4.78 is 63.6. The van der Waals surface area contributed by atoms with Crippen molar-refractivity contribution in [1.29, 1.82) is 0 Å². The summed E-state index contributed by atoms with van der Waals surface area (Å²) in [4.78, 5) is 50.3. The highest BCUT2D eigenvalue weighted by Crippen LogP contribution is 2.34. The molecule has 2 heterocycles. The number of anilines is 1. The van der Waals surface area contributed by atoms with E-state index in [1.807, 2.05) is 0 Å². The van der Waals surface area contributed by atoms with E-state index in [0.29, 0.717) is 10.5 Å². The molecule has 0 aliphatic heterocycles. The maximum Gasteiger partial charge on any atom is 0.425 e. The van der Waals surface area contributed by atoms with Crippen LogP contribution >= 0.6 is 0 Å². The fraction of sp³-hybridized carbons (Fsp3) is 0.447. The van der Waals surface area contributed by atoms with Gasteiger partial charge >= 0.3 is 18.3 Å². The number of halogens is 1. The Hall–Kier alpha value is -5.45. The van der Waals surface area contributed by atoms with Crippen molar-refractivity contribution in [2.45, 2.75) is 110 Å². The van der Waals surface area contributed by atoms with Gasteiger partial charge in [-0.2, -0.15) is 4.90 Å². The number of hydrogen-bond donors (Lipinski definition) is 0. The Morgan fingerprint density at radius 2 is 1.33 bits per heavy atom. The lowest BCUT2D eigenvalue weighted by molar-refractivity contribution is 0.0283. The summed E-state index contributed by atoms with van der Waals surface area (Å²) in [5.41, 5.74) is -2.10. The third-order valence-electron chi connectivity index (χ3n) is 7.24. The van der Waals surface area contributed by atoms with E-state index in [2.05, 4.69) is 20.2 Å². The molecule has 0 unspecified atom stereocenters. The van der Waals surface area contributed by atoms with E-state index in [0.717, 1.165) is 17.8 Å². The van der Waals surface area contributed by atoms with Crippen LogP contribution < -0.4 is 4.90 Å². The zero-order valence-electron chi connectivity index (χ0n) is 33.0. The standard InChI is InChI=1S/C38H47FN6O9S/c1-22(2)55(49,50)25-17-18-26(27(39)19-25)28-20-40-30(45(34(47)53-37(6,7)8)35(48)54-38(9,10)11)29(41-28)32-43-42-31(51-32)24-15-13-23(14-16-24)21-44(12)33(46)52-36(3,4)5/h13-20,22H,21H2,1-12H3. The third-order valence-corrected chi connectivity index (χ3v) is 9.39. The number of carbonyl (C=O) groups excluding carboxylic acids is 3. The predicted molar refractivity (Wildman–Crippen MR) is 201 cm³/mol. The van der Waals surface area contributed by atoms with Crippen molar-refractivity contribution in [1.82, 2.24) is 25.1 Å². The summed E-state index contributed by atoms with van der Waals surface area (Å²) in [6, 6.07) is 10.3. The van der Waals surface area contributed by atoms with Crippen molar-refractivity contribution < 1.29 is 45.8 Å².